The summed E-state index contributed by atoms with van der Waals surface area (Å²) in [5.41, 5.74) is 0. The molecule has 3 heteroatoms. The van der Waals surface area contributed by atoms with Gasteiger partial charge in [0, 0.05) is 6.42 Å². The van der Waals surface area contributed by atoms with E-state index in [1.165, 1.54) is 38.5 Å². The molecule has 0 unspecified atom stereocenters. The second-order valence-corrected chi connectivity index (χ2v) is 5.71. The van der Waals surface area contributed by atoms with E-state index in [0.717, 1.165) is 12.8 Å². The smallest absolute Gasteiger partial charge is 0.196 e. The summed E-state index contributed by atoms with van der Waals surface area (Å²) in [5, 5.41) is 0. The van der Waals surface area contributed by atoms with Gasteiger partial charge < -0.3 is 0 Å². The van der Waals surface area contributed by atoms with E-state index in [4.69, 9.17) is 0 Å². The van der Waals surface area contributed by atoms with Gasteiger partial charge in [-0.05, 0) is 6.42 Å². The summed E-state index contributed by atoms with van der Waals surface area (Å²) in [6, 6.07) is 0. The molecule has 0 fully saturated rings. The maximum absolute atomic E-state index is 12.8. The molecule has 0 aromatic carbocycles. The van der Waals surface area contributed by atoms with Crippen molar-refractivity contribution in [3.05, 3.63) is 0 Å². The van der Waals surface area contributed by atoms with Crippen molar-refractivity contribution in [2.75, 3.05) is 0 Å². The summed E-state index contributed by atoms with van der Waals surface area (Å²) in [6.07, 6.45) is 10.3. The summed E-state index contributed by atoms with van der Waals surface area (Å²) in [6.45, 7) is 2.22. The predicted octanol–water partition coefficient (Wildman–Crippen LogP) is 5.00. The van der Waals surface area contributed by atoms with Crippen LogP contribution in [0.15, 0.2) is 0 Å². The highest BCUT2D eigenvalue weighted by Crippen LogP contribution is 2.28. The fourth-order valence-electron chi connectivity index (χ4n) is 1.48. The lowest BCUT2D eigenvalue weighted by Gasteiger charge is -2.10. The summed E-state index contributed by atoms with van der Waals surface area (Å²) < 4.78 is 11.2. The average Bonchev–Trinajstić information content (AvgIpc) is 2.08. The highest BCUT2D eigenvalue weighted by Gasteiger charge is 2.16. The van der Waals surface area contributed by atoms with Gasteiger partial charge in [-0.15, -0.1) is 25.3 Å². The molecule has 0 bridgehead atoms. The van der Waals surface area contributed by atoms with Crippen molar-refractivity contribution in [1.82, 2.24) is 0 Å². The van der Waals surface area contributed by atoms with Crippen LogP contribution in [0.1, 0.15) is 64.7 Å². The average molecular weight is 238 g/mol. The lowest BCUT2D eigenvalue weighted by atomic mass is 10.1. The van der Waals surface area contributed by atoms with E-state index in [0.29, 0.717) is 6.42 Å². The number of thiol groups is 2. The molecule has 0 nitrogen and oxygen atoms in total. The van der Waals surface area contributed by atoms with Crippen LogP contribution >= 0.6 is 25.3 Å². The standard InChI is InChI=1S/C11H23FS2/c1-2-3-4-5-6-7-8-9-10-11(12,13)14/h13-14H,2-10H2,1H3. The maximum atomic E-state index is 12.8. The molecule has 0 aliphatic heterocycles. The Labute approximate surface area is 98.9 Å². The normalized spacial score (nSPS) is 12.0. The Hall–Kier alpha value is 0.630. The highest BCUT2D eigenvalue weighted by atomic mass is 32.2. The summed E-state index contributed by atoms with van der Waals surface area (Å²) >= 11 is 7.45. The first-order chi connectivity index (χ1) is 6.56. The Kier molecular flexibility index (Phi) is 9.30. The van der Waals surface area contributed by atoms with Crippen LogP contribution in [-0.2, 0) is 0 Å². The number of hydrogen-bond acceptors (Lipinski definition) is 2. The highest BCUT2D eigenvalue weighted by molar-refractivity contribution is 8.00. The van der Waals surface area contributed by atoms with E-state index in [-0.39, 0.29) is 0 Å². The SMILES string of the molecule is CCCCCCCCCCC(F)(S)S. The third-order valence-corrected chi connectivity index (χ3v) is 2.80. The van der Waals surface area contributed by atoms with Crippen molar-refractivity contribution < 1.29 is 4.39 Å². The maximum Gasteiger partial charge on any atom is 0.196 e. The van der Waals surface area contributed by atoms with Gasteiger partial charge in [0.2, 0.25) is 0 Å². The molecular weight excluding hydrogens is 215 g/mol. The van der Waals surface area contributed by atoms with E-state index in [9.17, 15) is 4.39 Å². The van der Waals surface area contributed by atoms with Gasteiger partial charge in [0.05, 0.1) is 0 Å². The molecule has 0 aromatic rings. The Morgan fingerprint density at radius 3 is 1.71 bits per heavy atom. The molecule has 0 saturated carbocycles. The molecule has 0 heterocycles. The van der Waals surface area contributed by atoms with Crippen molar-refractivity contribution >= 4 is 25.3 Å². The summed E-state index contributed by atoms with van der Waals surface area (Å²) in [4.78, 5) is 0. The van der Waals surface area contributed by atoms with Crippen LogP contribution in [0.4, 0.5) is 4.39 Å². The molecule has 0 aliphatic carbocycles. The molecule has 0 amide bonds. The van der Waals surface area contributed by atoms with Gasteiger partial charge in [-0.1, -0.05) is 51.9 Å². The van der Waals surface area contributed by atoms with Crippen LogP contribution < -0.4 is 0 Å². The second kappa shape index (κ2) is 8.90. The number of unbranched alkanes of at least 4 members (excludes halogenated alkanes) is 7. The molecule has 86 valence electrons. The first-order valence-electron chi connectivity index (χ1n) is 5.70. The quantitative estimate of drug-likeness (QED) is 0.315. The van der Waals surface area contributed by atoms with Crippen molar-refractivity contribution in [2.45, 2.75) is 69.0 Å². The number of halogens is 1. The second-order valence-electron chi connectivity index (χ2n) is 3.94. The summed E-state index contributed by atoms with van der Waals surface area (Å²) in [5.74, 6) is 0. The minimum atomic E-state index is -1.57. The van der Waals surface area contributed by atoms with Gasteiger partial charge in [0.15, 0.2) is 4.33 Å². The number of hydrogen-bond donors (Lipinski definition) is 2. The Balaban J connectivity index is 2.99. The Bertz CT molecular complexity index is 121. The van der Waals surface area contributed by atoms with E-state index >= 15 is 0 Å². The minimum Gasteiger partial charge on any atom is -0.220 e. The van der Waals surface area contributed by atoms with Crippen LogP contribution in [-0.4, -0.2) is 4.33 Å². The van der Waals surface area contributed by atoms with Crippen molar-refractivity contribution in [3.8, 4) is 0 Å². The molecule has 0 rings (SSSR count). The minimum absolute atomic E-state index is 0.453. The van der Waals surface area contributed by atoms with Crippen LogP contribution in [0.2, 0.25) is 0 Å². The monoisotopic (exact) mass is 238 g/mol. The summed E-state index contributed by atoms with van der Waals surface area (Å²) in [7, 11) is 0. The van der Waals surface area contributed by atoms with Gasteiger partial charge in [-0.25, -0.2) is 4.39 Å². The van der Waals surface area contributed by atoms with E-state index in [1.807, 2.05) is 0 Å². The fourth-order valence-corrected chi connectivity index (χ4v) is 1.80. The molecule has 14 heavy (non-hydrogen) atoms. The van der Waals surface area contributed by atoms with Crippen LogP contribution in [0, 0.1) is 0 Å². The van der Waals surface area contributed by atoms with Gasteiger partial charge in [-0.2, -0.15) is 0 Å². The molecule has 0 saturated heterocycles. The zero-order valence-electron chi connectivity index (χ0n) is 9.14. The van der Waals surface area contributed by atoms with Crippen LogP contribution in [0.5, 0.6) is 0 Å². The molecule has 0 N–H and O–H groups in total. The third kappa shape index (κ3) is 12.6. The van der Waals surface area contributed by atoms with Gasteiger partial charge >= 0.3 is 0 Å². The van der Waals surface area contributed by atoms with Crippen molar-refractivity contribution in [2.24, 2.45) is 0 Å². The largest absolute Gasteiger partial charge is 0.220 e. The molecule has 0 spiro atoms. The lowest BCUT2D eigenvalue weighted by Crippen LogP contribution is -2.02. The Morgan fingerprint density at radius 1 is 0.857 bits per heavy atom. The Morgan fingerprint density at radius 2 is 1.29 bits per heavy atom. The van der Waals surface area contributed by atoms with Crippen molar-refractivity contribution in [3.63, 3.8) is 0 Å². The number of alkyl halides is 1. The lowest BCUT2D eigenvalue weighted by molar-refractivity contribution is 0.380. The van der Waals surface area contributed by atoms with Crippen molar-refractivity contribution in [1.29, 1.82) is 0 Å². The topological polar surface area (TPSA) is 0 Å². The zero-order valence-corrected chi connectivity index (χ0v) is 10.9. The van der Waals surface area contributed by atoms with Crippen LogP contribution in [0.25, 0.3) is 0 Å². The molecular formula is C11H23FS2. The van der Waals surface area contributed by atoms with Gasteiger partial charge in [0.25, 0.3) is 0 Å². The molecule has 0 aromatic heterocycles. The zero-order chi connectivity index (χ0) is 10.9. The number of rotatable bonds is 9. The van der Waals surface area contributed by atoms with Gasteiger partial charge in [0.1, 0.15) is 0 Å². The first-order valence-corrected chi connectivity index (χ1v) is 6.59. The fraction of sp³-hybridized carbons (Fsp3) is 1.00. The molecule has 0 radical (unpaired) electrons. The first kappa shape index (κ1) is 14.6. The van der Waals surface area contributed by atoms with E-state index in [2.05, 4.69) is 32.2 Å². The predicted molar refractivity (Wildman–Crippen MR) is 69.0 cm³/mol. The molecule has 0 aliphatic rings. The third-order valence-electron chi connectivity index (χ3n) is 2.35. The van der Waals surface area contributed by atoms with E-state index < -0.39 is 4.33 Å². The van der Waals surface area contributed by atoms with Gasteiger partial charge in [-0.3, -0.25) is 0 Å². The molecule has 0 atom stereocenters. The van der Waals surface area contributed by atoms with E-state index in [1.54, 1.807) is 0 Å². The van der Waals surface area contributed by atoms with Crippen LogP contribution in [0.3, 0.4) is 0 Å².